The third-order valence-electron chi connectivity index (χ3n) is 2.90. The number of nitrogens with one attached hydrogen (secondary N) is 2. The zero-order valence-electron chi connectivity index (χ0n) is 10.5. The van der Waals surface area contributed by atoms with Crippen LogP contribution in [-0.2, 0) is 0 Å². The molecule has 0 aromatic heterocycles. The van der Waals surface area contributed by atoms with Gasteiger partial charge in [-0.1, -0.05) is 19.3 Å². The minimum Gasteiger partial charge on any atom is -0.353 e. The average Bonchev–Trinajstić information content (AvgIpc) is 2.28. The second-order valence-electron chi connectivity index (χ2n) is 4.66. The van der Waals surface area contributed by atoms with Gasteiger partial charge in [-0.25, -0.2) is 5.84 Å². The van der Waals surface area contributed by atoms with E-state index in [1.807, 2.05) is 14.1 Å². The fourth-order valence-electron chi connectivity index (χ4n) is 1.94. The number of rotatable bonds is 4. The SMILES string of the molecule is CN(C)CCN=C(NN)NC1CCCCC1. The van der Waals surface area contributed by atoms with Crippen molar-refractivity contribution < 1.29 is 0 Å². The molecule has 1 rings (SSSR count). The van der Waals surface area contributed by atoms with E-state index < -0.39 is 0 Å². The lowest BCUT2D eigenvalue weighted by Crippen LogP contribution is -2.47. The molecule has 1 fully saturated rings. The molecule has 5 nitrogen and oxygen atoms in total. The van der Waals surface area contributed by atoms with Gasteiger partial charge in [0.25, 0.3) is 0 Å². The highest BCUT2D eigenvalue weighted by Gasteiger charge is 2.13. The molecule has 4 N–H and O–H groups in total. The Bertz CT molecular complexity index is 208. The minimum atomic E-state index is 0.544. The van der Waals surface area contributed by atoms with Gasteiger partial charge in [0, 0.05) is 12.6 Å². The van der Waals surface area contributed by atoms with E-state index in [1.54, 1.807) is 0 Å². The summed E-state index contributed by atoms with van der Waals surface area (Å²) in [6.07, 6.45) is 6.45. The van der Waals surface area contributed by atoms with Crippen molar-refractivity contribution in [3.05, 3.63) is 0 Å². The van der Waals surface area contributed by atoms with Gasteiger partial charge in [0.05, 0.1) is 6.54 Å². The molecule has 1 aliphatic rings. The molecule has 0 bridgehead atoms. The summed E-state index contributed by atoms with van der Waals surface area (Å²) < 4.78 is 0. The topological polar surface area (TPSA) is 65.7 Å². The van der Waals surface area contributed by atoms with Gasteiger partial charge < -0.3 is 10.2 Å². The van der Waals surface area contributed by atoms with Gasteiger partial charge in [0.2, 0.25) is 5.96 Å². The molecule has 1 saturated carbocycles. The molecule has 0 atom stereocenters. The van der Waals surface area contributed by atoms with E-state index in [-0.39, 0.29) is 0 Å². The third kappa shape index (κ3) is 5.32. The zero-order valence-corrected chi connectivity index (χ0v) is 10.5. The van der Waals surface area contributed by atoms with Crippen LogP contribution in [0, 0.1) is 0 Å². The Hall–Kier alpha value is -0.810. The normalized spacial score (nSPS) is 18.9. The first-order chi connectivity index (χ1) is 7.72. The predicted octanol–water partition coefficient (Wildman–Crippen LogP) is 0.290. The molecule has 5 heteroatoms. The standard InChI is InChI=1S/C11H25N5/c1-16(2)9-8-13-11(15-12)14-10-6-4-3-5-7-10/h10H,3-9,12H2,1-2H3,(H2,13,14,15). The van der Waals surface area contributed by atoms with Gasteiger partial charge in [-0.3, -0.25) is 10.4 Å². The largest absolute Gasteiger partial charge is 0.353 e. The number of hydrazine groups is 1. The summed E-state index contributed by atoms with van der Waals surface area (Å²) in [7, 11) is 4.08. The van der Waals surface area contributed by atoms with E-state index in [1.165, 1.54) is 32.1 Å². The maximum absolute atomic E-state index is 5.45. The molecule has 0 spiro atoms. The number of guanidine groups is 1. The van der Waals surface area contributed by atoms with Crippen LogP contribution in [0.3, 0.4) is 0 Å². The van der Waals surface area contributed by atoms with E-state index in [4.69, 9.17) is 5.84 Å². The highest BCUT2D eigenvalue weighted by Crippen LogP contribution is 2.16. The molecule has 94 valence electrons. The van der Waals surface area contributed by atoms with Gasteiger partial charge in [-0.05, 0) is 26.9 Å². The Balaban J connectivity index is 2.28. The molecule has 0 aromatic rings. The van der Waals surface area contributed by atoms with Crippen molar-refractivity contribution in [1.82, 2.24) is 15.6 Å². The van der Waals surface area contributed by atoms with Crippen molar-refractivity contribution in [3.8, 4) is 0 Å². The van der Waals surface area contributed by atoms with Gasteiger partial charge in [0.15, 0.2) is 0 Å². The second-order valence-corrected chi connectivity index (χ2v) is 4.66. The van der Waals surface area contributed by atoms with E-state index in [0.717, 1.165) is 19.0 Å². The highest BCUT2D eigenvalue weighted by atomic mass is 15.3. The maximum Gasteiger partial charge on any atom is 0.205 e. The summed E-state index contributed by atoms with van der Waals surface area (Å²) in [5, 5.41) is 3.37. The summed E-state index contributed by atoms with van der Waals surface area (Å²) in [6.45, 7) is 1.71. The van der Waals surface area contributed by atoms with Crippen LogP contribution in [-0.4, -0.2) is 44.1 Å². The molecule has 0 radical (unpaired) electrons. The molecule has 16 heavy (non-hydrogen) atoms. The van der Waals surface area contributed by atoms with Crippen LogP contribution in [0.15, 0.2) is 4.99 Å². The van der Waals surface area contributed by atoms with E-state index in [2.05, 4.69) is 20.6 Å². The lowest BCUT2D eigenvalue weighted by molar-refractivity contribution is 0.406. The van der Waals surface area contributed by atoms with Crippen molar-refractivity contribution in [2.75, 3.05) is 27.2 Å². The summed E-state index contributed by atoms with van der Waals surface area (Å²) in [6, 6.07) is 0.544. The second kappa shape index (κ2) is 7.46. The monoisotopic (exact) mass is 227 g/mol. The number of hydrogen-bond acceptors (Lipinski definition) is 3. The van der Waals surface area contributed by atoms with Crippen molar-refractivity contribution in [2.24, 2.45) is 10.8 Å². The van der Waals surface area contributed by atoms with Crippen molar-refractivity contribution in [3.63, 3.8) is 0 Å². The van der Waals surface area contributed by atoms with Crippen LogP contribution in [0.2, 0.25) is 0 Å². The smallest absolute Gasteiger partial charge is 0.205 e. The summed E-state index contributed by atoms with van der Waals surface area (Å²) in [4.78, 5) is 6.51. The van der Waals surface area contributed by atoms with Gasteiger partial charge >= 0.3 is 0 Å². The van der Waals surface area contributed by atoms with Crippen LogP contribution in [0.25, 0.3) is 0 Å². The minimum absolute atomic E-state index is 0.544. The Morgan fingerprint density at radius 3 is 2.56 bits per heavy atom. The van der Waals surface area contributed by atoms with Crippen LogP contribution in [0.5, 0.6) is 0 Å². The van der Waals surface area contributed by atoms with Crippen molar-refractivity contribution in [2.45, 2.75) is 38.1 Å². The van der Waals surface area contributed by atoms with E-state index in [0.29, 0.717) is 6.04 Å². The first-order valence-corrected chi connectivity index (χ1v) is 6.14. The Labute approximate surface area is 98.4 Å². The first-order valence-electron chi connectivity index (χ1n) is 6.14. The molecule has 0 heterocycles. The van der Waals surface area contributed by atoms with Crippen LogP contribution in [0.4, 0.5) is 0 Å². The molecular formula is C11H25N5. The highest BCUT2D eigenvalue weighted by molar-refractivity contribution is 5.79. The van der Waals surface area contributed by atoms with Crippen molar-refractivity contribution >= 4 is 5.96 Å². The predicted molar refractivity (Wildman–Crippen MR) is 68.2 cm³/mol. The fraction of sp³-hybridized carbons (Fsp3) is 0.909. The van der Waals surface area contributed by atoms with Crippen LogP contribution in [0.1, 0.15) is 32.1 Å². The third-order valence-corrected chi connectivity index (χ3v) is 2.90. The Morgan fingerprint density at radius 2 is 2.00 bits per heavy atom. The average molecular weight is 227 g/mol. The Morgan fingerprint density at radius 1 is 1.31 bits per heavy atom. The number of nitrogens with zero attached hydrogens (tertiary/aromatic N) is 2. The quantitative estimate of drug-likeness (QED) is 0.279. The molecule has 0 aromatic carbocycles. The number of hydrogen-bond donors (Lipinski definition) is 3. The Kier molecular flexibility index (Phi) is 6.18. The van der Waals surface area contributed by atoms with E-state index >= 15 is 0 Å². The first kappa shape index (κ1) is 13.3. The molecule has 0 aliphatic heterocycles. The van der Waals surface area contributed by atoms with Gasteiger partial charge in [0.1, 0.15) is 0 Å². The summed E-state index contributed by atoms with van der Waals surface area (Å²) in [5.41, 5.74) is 2.64. The molecular weight excluding hydrogens is 202 g/mol. The molecule has 0 saturated heterocycles. The molecule has 1 aliphatic carbocycles. The summed E-state index contributed by atoms with van der Waals surface area (Å²) in [5.74, 6) is 6.18. The fourth-order valence-corrected chi connectivity index (χ4v) is 1.94. The molecule has 0 unspecified atom stereocenters. The maximum atomic E-state index is 5.45. The lowest BCUT2D eigenvalue weighted by Gasteiger charge is -2.24. The molecule has 0 amide bonds. The van der Waals surface area contributed by atoms with Gasteiger partial charge in [-0.15, -0.1) is 0 Å². The van der Waals surface area contributed by atoms with Crippen LogP contribution >= 0.6 is 0 Å². The number of likely N-dealkylation sites (N-methyl/N-ethyl adjacent to an activating group) is 1. The van der Waals surface area contributed by atoms with E-state index in [9.17, 15) is 0 Å². The van der Waals surface area contributed by atoms with Gasteiger partial charge in [-0.2, -0.15) is 0 Å². The van der Waals surface area contributed by atoms with Crippen molar-refractivity contribution in [1.29, 1.82) is 0 Å². The number of nitrogens with two attached hydrogens (primary N) is 1. The lowest BCUT2D eigenvalue weighted by atomic mass is 9.96. The van der Waals surface area contributed by atoms with Crippen LogP contribution < -0.4 is 16.6 Å². The number of aliphatic imine (C=N–C) groups is 1. The summed E-state index contributed by atoms with van der Waals surface area (Å²) >= 11 is 0. The zero-order chi connectivity index (χ0) is 11.8.